The minimum absolute atomic E-state index is 0. The summed E-state index contributed by atoms with van der Waals surface area (Å²) >= 11 is 0. The molecule has 0 unspecified atom stereocenters. The molecule has 0 aromatic rings. The van der Waals surface area contributed by atoms with Gasteiger partial charge in [0, 0.05) is 12.2 Å². The molecule has 0 rings (SSSR count). The van der Waals surface area contributed by atoms with Gasteiger partial charge in [0.05, 0.1) is 0 Å². The summed E-state index contributed by atoms with van der Waals surface area (Å²) in [5.41, 5.74) is 0. The molecular weight excluding hydrogens is 284 g/mol. The second kappa shape index (κ2) is 10.5. The van der Waals surface area contributed by atoms with Gasteiger partial charge in [-0.15, -0.1) is 0 Å². The topological polar surface area (TPSA) is 18.5 Å². The van der Waals surface area contributed by atoms with E-state index < -0.39 is 8.56 Å². The van der Waals surface area contributed by atoms with E-state index in [9.17, 15) is 0 Å². The quantitative estimate of drug-likeness (QED) is 0.498. The molecule has 0 radical (unpaired) electrons. The molecule has 88 valence electrons. The van der Waals surface area contributed by atoms with Crippen LogP contribution in [0.15, 0.2) is 0 Å². The SMILES string of the molecule is [Br-].[CH2-]CC[Si](C)(OC(C)C)OC(C)C.[Mg+2]. The Kier molecular flexibility index (Phi) is 15.2. The first kappa shape index (κ1) is 21.6. The number of rotatable bonds is 6. The molecular formula is C10H23BrMgO2Si. The Morgan fingerprint density at radius 1 is 1.07 bits per heavy atom. The second-order valence-corrected chi connectivity index (χ2v) is 7.31. The van der Waals surface area contributed by atoms with Gasteiger partial charge in [-0.05, 0) is 40.3 Å². The van der Waals surface area contributed by atoms with Crippen LogP contribution in [0.2, 0.25) is 12.6 Å². The largest absolute Gasteiger partial charge is 2.00 e. The number of hydrogen-bond donors (Lipinski definition) is 0. The smallest absolute Gasteiger partial charge is 1.00 e. The van der Waals surface area contributed by atoms with Crippen LogP contribution in [0.3, 0.4) is 0 Å². The van der Waals surface area contributed by atoms with Crippen molar-refractivity contribution in [3.05, 3.63) is 6.92 Å². The van der Waals surface area contributed by atoms with Crippen molar-refractivity contribution >= 4 is 31.6 Å². The summed E-state index contributed by atoms with van der Waals surface area (Å²) in [6, 6.07) is 0.976. The van der Waals surface area contributed by atoms with Crippen LogP contribution in [0.5, 0.6) is 0 Å². The van der Waals surface area contributed by atoms with E-state index >= 15 is 0 Å². The van der Waals surface area contributed by atoms with E-state index in [1.54, 1.807) is 0 Å². The Morgan fingerprint density at radius 3 is 1.60 bits per heavy atom. The van der Waals surface area contributed by atoms with E-state index in [0.29, 0.717) is 0 Å². The van der Waals surface area contributed by atoms with Gasteiger partial charge >= 0.3 is 31.6 Å². The summed E-state index contributed by atoms with van der Waals surface area (Å²) in [5, 5.41) is 0. The molecule has 15 heavy (non-hydrogen) atoms. The molecule has 0 fully saturated rings. The predicted molar refractivity (Wildman–Crippen MR) is 64.6 cm³/mol. The maximum Gasteiger partial charge on any atom is 2.00 e. The first-order valence-electron chi connectivity index (χ1n) is 5.04. The van der Waals surface area contributed by atoms with Gasteiger partial charge in [0.2, 0.25) is 0 Å². The van der Waals surface area contributed by atoms with Crippen LogP contribution >= 0.6 is 0 Å². The summed E-state index contributed by atoms with van der Waals surface area (Å²) in [4.78, 5) is 0. The van der Waals surface area contributed by atoms with Crippen LogP contribution in [0, 0.1) is 6.92 Å². The van der Waals surface area contributed by atoms with Crippen LogP contribution in [0.4, 0.5) is 0 Å². The van der Waals surface area contributed by atoms with E-state index in [1.807, 2.05) is 0 Å². The molecule has 0 amide bonds. The van der Waals surface area contributed by atoms with Crippen LogP contribution in [-0.2, 0) is 8.85 Å². The van der Waals surface area contributed by atoms with Gasteiger partial charge in [-0.3, -0.25) is 0 Å². The molecule has 0 atom stereocenters. The molecule has 0 spiro atoms. The monoisotopic (exact) mass is 306 g/mol. The minimum Gasteiger partial charge on any atom is -1.00 e. The molecule has 0 bridgehead atoms. The number of hydrogen-bond acceptors (Lipinski definition) is 2. The summed E-state index contributed by atoms with van der Waals surface area (Å²) in [6.07, 6.45) is 1.39. The fourth-order valence-corrected chi connectivity index (χ4v) is 4.39. The summed E-state index contributed by atoms with van der Waals surface area (Å²) in [6.45, 7) is 14.2. The maximum absolute atomic E-state index is 5.87. The van der Waals surface area contributed by atoms with Crippen molar-refractivity contribution in [3.8, 4) is 0 Å². The molecule has 0 aliphatic rings. The van der Waals surface area contributed by atoms with Crippen molar-refractivity contribution in [3.63, 3.8) is 0 Å². The first-order valence-corrected chi connectivity index (χ1v) is 7.57. The second-order valence-electron chi connectivity index (χ2n) is 4.07. The van der Waals surface area contributed by atoms with E-state index in [0.717, 1.165) is 12.5 Å². The normalized spacial score (nSPS) is 11.2. The van der Waals surface area contributed by atoms with Gasteiger partial charge in [0.1, 0.15) is 0 Å². The van der Waals surface area contributed by atoms with Crippen molar-refractivity contribution < 1.29 is 25.8 Å². The summed E-state index contributed by atoms with van der Waals surface area (Å²) in [5.74, 6) is 0. The molecule has 0 heterocycles. The fraction of sp³-hybridized carbons (Fsp3) is 0.900. The third kappa shape index (κ3) is 11.6. The molecule has 0 aliphatic carbocycles. The first-order chi connectivity index (χ1) is 5.89. The summed E-state index contributed by atoms with van der Waals surface area (Å²) < 4.78 is 11.7. The molecule has 0 saturated carbocycles. The molecule has 0 saturated heterocycles. The van der Waals surface area contributed by atoms with Gasteiger partial charge in [0.25, 0.3) is 0 Å². The Balaban J connectivity index is -0.000000720. The predicted octanol–water partition coefficient (Wildman–Crippen LogP) is -0.244. The van der Waals surface area contributed by atoms with Crippen LogP contribution in [0.1, 0.15) is 34.1 Å². The molecule has 0 aromatic heterocycles. The van der Waals surface area contributed by atoms with E-state index in [4.69, 9.17) is 8.85 Å². The number of halogens is 1. The van der Waals surface area contributed by atoms with Gasteiger partial charge in [0.15, 0.2) is 0 Å². The van der Waals surface area contributed by atoms with Crippen molar-refractivity contribution in [2.75, 3.05) is 0 Å². The third-order valence-corrected chi connectivity index (χ3v) is 4.80. The Hall–Kier alpha value is 1.38. The Morgan fingerprint density at radius 2 is 1.40 bits per heavy atom. The van der Waals surface area contributed by atoms with Gasteiger partial charge in [-0.1, -0.05) is 0 Å². The standard InChI is InChI=1S/C10H23O2Si.BrH.Mg/c1-7-8-13(6,11-9(2)3)12-10(4)5;;/h9-10H,1,7-8H2,2-6H3;1H;/q-1;;+2/p-1. The third-order valence-electron chi connectivity index (χ3n) is 1.60. The molecule has 2 nitrogen and oxygen atoms in total. The van der Waals surface area contributed by atoms with Crippen LogP contribution < -0.4 is 17.0 Å². The van der Waals surface area contributed by atoms with E-state index in [2.05, 4.69) is 41.2 Å². The van der Waals surface area contributed by atoms with E-state index in [-0.39, 0.29) is 52.2 Å². The van der Waals surface area contributed by atoms with E-state index in [1.165, 1.54) is 0 Å². The molecule has 0 aromatic carbocycles. The Bertz CT molecular complexity index is 135. The fourth-order valence-electron chi connectivity index (χ4n) is 1.46. The zero-order valence-corrected chi connectivity index (χ0v) is 14.7. The van der Waals surface area contributed by atoms with Gasteiger partial charge in [-0.2, -0.15) is 6.42 Å². The minimum atomic E-state index is -1.94. The summed E-state index contributed by atoms with van der Waals surface area (Å²) in [7, 11) is -1.94. The zero-order valence-electron chi connectivity index (χ0n) is 10.7. The molecule has 5 heteroatoms. The van der Waals surface area contributed by atoms with Crippen molar-refractivity contribution in [1.29, 1.82) is 0 Å². The average Bonchev–Trinajstić information content (AvgIpc) is 1.81. The van der Waals surface area contributed by atoms with Crippen molar-refractivity contribution in [2.45, 2.75) is 58.9 Å². The van der Waals surface area contributed by atoms with Crippen LogP contribution in [0.25, 0.3) is 0 Å². The maximum atomic E-state index is 5.87. The van der Waals surface area contributed by atoms with Gasteiger partial charge < -0.3 is 32.8 Å². The zero-order chi connectivity index (χ0) is 10.5. The average molecular weight is 308 g/mol. The molecule has 0 aliphatic heterocycles. The van der Waals surface area contributed by atoms with Crippen LogP contribution in [-0.4, -0.2) is 43.8 Å². The Labute approximate surface area is 123 Å². The van der Waals surface area contributed by atoms with Crippen molar-refractivity contribution in [2.24, 2.45) is 0 Å². The molecule has 0 N–H and O–H groups in total. The van der Waals surface area contributed by atoms with Crippen molar-refractivity contribution in [1.82, 2.24) is 0 Å². The van der Waals surface area contributed by atoms with Gasteiger partial charge in [-0.25, -0.2) is 0 Å².